The first-order valence-electron chi connectivity index (χ1n) is 8.13. The van der Waals surface area contributed by atoms with E-state index in [0.29, 0.717) is 24.6 Å². The lowest BCUT2D eigenvalue weighted by atomic mass is 10.2. The molecule has 0 saturated carbocycles. The van der Waals surface area contributed by atoms with Crippen molar-refractivity contribution in [2.75, 3.05) is 19.7 Å². The summed E-state index contributed by atoms with van der Waals surface area (Å²) < 4.78 is 15.5. The Hall–Kier alpha value is -2.67. The van der Waals surface area contributed by atoms with Crippen LogP contribution in [0.3, 0.4) is 0 Å². The predicted octanol–water partition coefficient (Wildman–Crippen LogP) is 2.04. The van der Waals surface area contributed by atoms with E-state index < -0.39 is 5.97 Å². The van der Waals surface area contributed by atoms with Gasteiger partial charge in [-0.05, 0) is 12.5 Å². The fourth-order valence-electron chi connectivity index (χ4n) is 2.18. The molecule has 134 valence electrons. The lowest BCUT2D eigenvalue weighted by Crippen LogP contribution is -2.26. The smallest absolute Gasteiger partial charge is 0.360 e. The van der Waals surface area contributed by atoms with Crippen LogP contribution in [0.15, 0.2) is 34.7 Å². The van der Waals surface area contributed by atoms with Crippen molar-refractivity contribution in [2.24, 2.45) is 0 Å². The molecule has 0 aliphatic heterocycles. The minimum absolute atomic E-state index is 0.0781. The van der Waals surface area contributed by atoms with Crippen molar-refractivity contribution in [1.29, 1.82) is 0 Å². The molecule has 1 aromatic heterocycles. The molecule has 0 atom stereocenters. The zero-order valence-electron chi connectivity index (χ0n) is 14.4. The van der Waals surface area contributed by atoms with E-state index in [0.717, 1.165) is 5.56 Å². The second kappa shape index (κ2) is 9.58. The summed E-state index contributed by atoms with van der Waals surface area (Å²) in [5.41, 5.74) is 1.12. The number of benzene rings is 1. The highest BCUT2D eigenvalue weighted by Crippen LogP contribution is 2.12. The number of nitrogens with zero attached hydrogens (tertiary/aromatic N) is 1. The van der Waals surface area contributed by atoms with Crippen molar-refractivity contribution >= 4 is 11.9 Å². The maximum atomic E-state index is 11.8. The van der Waals surface area contributed by atoms with E-state index >= 15 is 0 Å². The highest BCUT2D eigenvalue weighted by Gasteiger charge is 2.19. The van der Waals surface area contributed by atoms with Crippen molar-refractivity contribution in [1.82, 2.24) is 10.3 Å². The van der Waals surface area contributed by atoms with Gasteiger partial charge >= 0.3 is 11.9 Å². The number of nitrogens with one attached hydrogen (secondary N) is 1. The van der Waals surface area contributed by atoms with E-state index in [9.17, 15) is 9.59 Å². The van der Waals surface area contributed by atoms with Crippen molar-refractivity contribution < 1.29 is 23.5 Å². The van der Waals surface area contributed by atoms with Crippen molar-refractivity contribution in [3.05, 3.63) is 53.2 Å². The number of aryl methyl sites for hydroxylation is 1. The van der Waals surface area contributed by atoms with Crippen LogP contribution in [0, 0.1) is 6.92 Å². The van der Waals surface area contributed by atoms with Gasteiger partial charge in [-0.2, -0.15) is 0 Å². The molecule has 0 aliphatic carbocycles. The highest BCUT2D eigenvalue weighted by atomic mass is 16.5. The summed E-state index contributed by atoms with van der Waals surface area (Å²) in [6.07, 6.45) is 0.418. The van der Waals surface area contributed by atoms with Gasteiger partial charge in [-0.1, -0.05) is 30.3 Å². The van der Waals surface area contributed by atoms with Crippen molar-refractivity contribution in [2.45, 2.75) is 26.9 Å². The van der Waals surface area contributed by atoms with Crippen LogP contribution in [0.4, 0.5) is 0 Å². The van der Waals surface area contributed by atoms with Crippen LogP contribution in [-0.2, 0) is 27.3 Å². The molecule has 0 aliphatic rings. The molecular formula is C18H22N2O5. The fourth-order valence-corrected chi connectivity index (χ4v) is 2.18. The molecule has 2 aromatic rings. The average molecular weight is 346 g/mol. The molecule has 0 unspecified atom stereocenters. The van der Waals surface area contributed by atoms with Gasteiger partial charge in [-0.3, -0.25) is 4.79 Å². The third kappa shape index (κ3) is 6.04. The normalized spacial score (nSPS) is 10.5. The number of hydrogen-bond donors (Lipinski definition) is 1. The van der Waals surface area contributed by atoms with Crippen LogP contribution in [0.2, 0.25) is 0 Å². The van der Waals surface area contributed by atoms with Gasteiger partial charge in [0.1, 0.15) is 12.4 Å². The van der Waals surface area contributed by atoms with Crippen LogP contribution in [0.1, 0.15) is 34.6 Å². The topological polar surface area (TPSA) is 90.7 Å². The van der Waals surface area contributed by atoms with E-state index in [1.807, 2.05) is 30.3 Å². The Bertz CT molecular complexity index is 697. The Labute approximate surface area is 146 Å². The Balaban J connectivity index is 1.72. The Morgan fingerprint density at radius 3 is 2.68 bits per heavy atom. The summed E-state index contributed by atoms with van der Waals surface area (Å²) >= 11 is 0. The van der Waals surface area contributed by atoms with Gasteiger partial charge in [0.25, 0.3) is 0 Å². The summed E-state index contributed by atoms with van der Waals surface area (Å²) in [4.78, 5) is 27.5. The first kappa shape index (κ1) is 18.7. The zero-order chi connectivity index (χ0) is 18.1. The molecule has 7 nitrogen and oxygen atoms in total. The predicted molar refractivity (Wildman–Crippen MR) is 90.0 cm³/mol. The zero-order valence-corrected chi connectivity index (χ0v) is 14.4. The van der Waals surface area contributed by atoms with Crippen molar-refractivity contribution in [3.63, 3.8) is 0 Å². The molecule has 1 aromatic carbocycles. The second-order valence-corrected chi connectivity index (χ2v) is 5.30. The van der Waals surface area contributed by atoms with E-state index in [1.54, 1.807) is 13.8 Å². The molecule has 0 fully saturated rings. The Kier molecular flexibility index (Phi) is 7.16. The molecule has 0 bridgehead atoms. The van der Waals surface area contributed by atoms with Gasteiger partial charge in [0.05, 0.1) is 13.2 Å². The molecule has 7 heteroatoms. The van der Waals surface area contributed by atoms with Gasteiger partial charge in [-0.15, -0.1) is 0 Å². The van der Waals surface area contributed by atoms with Gasteiger partial charge in [0.2, 0.25) is 0 Å². The minimum Gasteiger partial charge on any atom is -0.461 e. The molecule has 1 N–H and O–H groups in total. The molecule has 25 heavy (non-hydrogen) atoms. The first-order valence-corrected chi connectivity index (χ1v) is 8.13. The number of carbonyl (C=O) groups is 2. The van der Waals surface area contributed by atoms with Crippen LogP contribution in [0.25, 0.3) is 0 Å². The largest absolute Gasteiger partial charge is 0.461 e. The number of hydrogen-bond acceptors (Lipinski definition) is 7. The maximum Gasteiger partial charge on any atom is 0.360 e. The van der Waals surface area contributed by atoms with E-state index in [-0.39, 0.29) is 31.4 Å². The van der Waals surface area contributed by atoms with Crippen molar-refractivity contribution in [3.8, 4) is 0 Å². The number of rotatable bonds is 9. The highest BCUT2D eigenvalue weighted by molar-refractivity contribution is 5.88. The van der Waals surface area contributed by atoms with E-state index in [1.165, 1.54) is 0 Å². The van der Waals surface area contributed by atoms with Crippen LogP contribution >= 0.6 is 0 Å². The molecule has 0 saturated heterocycles. The van der Waals surface area contributed by atoms with E-state index in [4.69, 9.17) is 13.9 Å². The number of esters is 2. The second-order valence-electron chi connectivity index (χ2n) is 5.30. The minimum atomic E-state index is -0.503. The molecule has 0 radical (unpaired) electrons. The molecule has 0 spiro atoms. The molecule has 0 amide bonds. The lowest BCUT2D eigenvalue weighted by Gasteiger charge is -2.06. The number of oxazole rings is 1. The fraction of sp³-hybridized carbons (Fsp3) is 0.389. The van der Waals surface area contributed by atoms with Crippen LogP contribution < -0.4 is 5.32 Å². The average Bonchev–Trinajstić information content (AvgIpc) is 2.99. The Morgan fingerprint density at radius 1 is 1.20 bits per heavy atom. The monoisotopic (exact) mass is 346 g/mol. The Morgan fingerprint density at radius 2 is 1.96 bits per heavy atom. The van der Waals surface area contributed by atoms with E-state index in [2.05, 4.69) is 10.3 Å². The molecule has 2 rings (SSSR count). The quantitative estimate of drug-likeness (QED) is 0.549. The standard InChI is InChI=1S/C18H22N2O5/c1-3-23-18(22)17-15(25-13(2)20-17)9-10-19-11-16(21)24-12-14-7-5-4-6-8-14/h4-8,19H,3,9-12H2,1-2H3. The SMILES string of the molecule is CCOC(=O)c1nc(C)oc1CCNCC(=O)OCc1ccccc1. The molecular weight excluding hydrogens is 324 g/mol. The van der Waals surface area contributed by atoms with Gasteiger partial charge in [0.15, 0.2) is 11.6 Å². The number of aromatic nitrogens is 1. The van der Waals surface area contributed by atoms with Crippen LogP contribution in [0.5, 0.6) is 0 Å². The third-order valence-corrected chi connectivity index (χ3v) is 3.31. The van der Waals surface area contributed by atoms with Gasteiger partial charge in [-0.25, -0.2) is 9.78 Å². The number of carbonyl (C=O) groups excluding carboxylic acids is 2. The van der Waals surface area contributed by atoms with Gasteiger partial charge < -0.3 is 19.2 Å². The first-order chi connectivity index (χ1) is 12.1. The third-order valence-electron chi connectivity index (χ3n) is 3.31. The summed E-state index contributed by atoms with van der Waals surface area (Å²) in [5, 5.41) is 2.96. The number of ether oxygens (including phenoxy) is 2. The summed E-state index contributed by atoms with van der Waals surface area (Å²) in [6, 6.07) is 9.47. The van der Waals surface area contributed by atoms with Gasteiger partial charge in [0, 0.05) is 19.9 Å². The maximum absolute atomic E-state index is 11.8. The summed E-state index contributed by atoms with van der Waals surface area (Å²) in [6.45, 7) is 4.44. The van der Waals surface area contributed by atoms with Crippen LogP contribution in [-0.4, -0.2) is 36.6 Å². The summed E-state index contributed by atoms with van der Waals surface area (Å²) in [7, 11) is 0. The summed E-state index contributed by atoms with van der Waals surface area (Å²) in [5.74, 6) is 0.00117. The lowest BCUT2D eigenvalue weighted by molar-refractivity contribution is -0.143. The molecule has 1 heterocycles.